The van der Waals surface area contributed by atoms with Gasteiger partial charge in [0, 0.05) is 37.8 Å². The fraction of sp³-hybridized carbons (Fsp3) is 0.421. The van der Waals surface area contributed by atoms with Crippen LogP contribution in [0.3, 0.4) is 0 Å². The number of aliphatic hydroxyl groups excluding tert-OH is 1. The molecule has 2 aromatic rings. The molecule has 8 heteroatoms. The standard InChI is InChI=1S/C17H22N4O2.C2H4O2/c18-15-8-14(9-16(15)22)17(23)19-10-12-4-1-2-5-13(12)11-21-7-3-6-20-21;1-2(3)4/h1-7,14-16,22H,8-11,18H2,(H,19,23);1H3,(H,3,4)/t14-,15-,16-;/m0./s1. The molecule has 5 N–H and O–H groups in total. The zero-order valence-corrected chi connectivity index (χ0v) is 15.3. The van der Waals surface area contributed by atoms with Crippen molar-refractivity contribution in [1.82, 2.24) is 15.1 Å². The van der Waals surface area contributed by atoms with Crippen LogP contribution in [-0.4, -0.2) is 44.0 Å². The van der Waals surface area contributed by atoms with Crippen molar-refractivity contribution in [2.45, 2.75) is 45.0 Å². The maximum Gasteiger partial charge on any atom is 0.300 e. The number of hydrogen-bond acceptors (Lipinski definition) is 5. The fourth-order valence-corrected chi connectivity index (χ4v) is 3.04. The Morgan fingerprint density at radius 3 is 2.48 bits per heavy atom. The van der Waals surface area contributed by atoms with E-state index < -0.39 is 12.1 Å². The van der Waals surface area contributed by atoms with Crippen molar-refractivity contribution in [1.29, 1.82) is 0 Å². The molecule has 1 aliphatic rings. The summed E-state index contributed by atoms with van der Waals surface area (Å²) in [5.41, 5.74) is 7.97. The van der Waals surface area contributed by atoms with Crippen LogP contribution in [0.15, 0.2) is 42.7 Å². The van der Waals surface area contributed by atoms with E-state index in [1.54, 1.807) is 6.20 Å². The number of carboxylic acids is 1. The van der Waals surface area contributed by atoms with Crippen molar-refractivity contribution in [3.63, 3.8) is 0 Å². The molecule has 8 nitrogen and oxygen atoms in total. The molecule has 1 aliphatic carbocycles. The summed E-state index contributed by atoms with van der Waals surface area (Å²) in [5, 5.41) is 24.3. The summed E-state index contributed by atoms with van der Waals surface area (Å²) in [5.74, 6) is -1.07. The van der Waals surface area contributed by atoms with Crippen molar-refractivity contribution in [2.75, 3.05) is 0 Å². The summed E-state index contributed by atoms with van der Waals surface area (Å²) in [7, 11) is 0. The lowest BCUT2D eigenvalue weighted by atomic mass is 10.1. The summed E-state index contributed by atoms with van der Waals surface area (Å²) in [4.78, 5) is 21.2. The highest BCUT2D eigenvalue weighted by atomic mass is 16.4. The van der Waals surface area contributed by atoms with E-state index in [4.69, 9.17) is 15.6 Å². The van der Waals surface area contributed by atoms with Gasteiger partial charge in [0.05, 0.1) is 12.6 Å². The molecule has 0 radical (unpaired) electrons. The Bertz CT molecular complexity index is 734. The van der Waals surface area contributed by atoms with E-state index in [1.165, 1.54) is 0 Å². The Balaban J connectivity index is 0.000000596. The predicted octanol–water partition coefficient (Wildman–Crippen LogP) is 0.737. The number of aliphatic carboxylic acids is 1. The minimum absolute atomic E-state index is 0.0362. The van der Waals surface area contributed by atoms with Gasteiger partial charge in [-0.25, -0.2) is 0 Å². The normalized spacial score (nSPS) is 21.2. The highest BCUT2D eigenvalue weighted by Crippen LogP contribution is 2.25. The minimum atomic E-state index is -0.833. The number of nitrogens with zero attached hydrogens (tertiary/aromatic N) is 2. The number of rotatable bonds is 5. The Labute approximate surface area is 158 Å². The van der Waals surface area contributed by atoms with Crippen LogP contribution < -0.4 is 11.1 Å². The smallest absolute Gasteiger partial charge is 0.300 e. The van der Waals surface area contributed by atoms with Gasteiger partial charge in [-0.2, -0.15) is 5.10 Å². The molecule has 146 valence electrons. The quantitative estimate of drug-likeness (QED) is 0.610. The van der Waals surface area contributed by atoms with Crippen LogP contribution in [0.5, 0.6) is 0 Å². The summed E-state index contributed by atoms with van der Waals surface area (Å²) in [6.45, 7) is 2.23. The van der Waals surface area contributed by atoms with E-state index in [-0.39, 0.29) is 17.9 Å². The molecule has 0 spiro atoms. The van der Waals surface area contributed by atoms with E-state index in [0.29, 0.717) is 25.9 Å². The van der Waals surface area contributed by atoms with Crippen LogP contribution in [0.2, 0.25) is 0 Å². The first-order valence-corrected chi connectivity index (χ1v) is 8.82. The van der Waals surface area contributed by atoms with Crippen LogP contribution in [0.1, 0.15) is 30.9 Å². The maximum atomic E-state index is 12.2. The number of nitrogens with two attached hydrogens (primary N) is 1. The number of hydrogen-bond donors (Lipinski definition) is 4. The number of nitrogens with one attached hydrogen (secondary N) is 1. The Morgan fingerprint density at radius 1 is 1.26 bits per heavy atom. The van der Waals surface area contributed by atoms with Crippen LogP contribution in [0, 0.1) is 5.92 Å². The molecule has 1 fully saturated rings. The monoisotopic (exact) mass is 374 g/mol. The third-order valence-corrected chi connectivity index (χ3v) is 4.41. The van der Waals surface area contributed by atoms with Gasteiger partial charge in [-0.15, -0.1) is 0 Å². The molecule has 3 atom stereocenters. The van der Waals surface area contributed by atoms with Gasteiger partial charge in [-0.05, 0) is 30.0 Å². The summed E-state index contributed by atoms with van der Waals surface area (Å²) < 4.78 is 1.85. The molecule has 0 saturated heterocycles. The third-order valence-electron chi connectivity index (χ3n) is 4.41. The lowest BCUT2D eigenvalue weighted by Crippen LogP contribution is -2.30. The molecular weight excluding hydrogens is 348 g/mol. The van der Waals surface area contributed by atoms with E-state index in [2.05, 4.69) is 10.4 Å². The molecule has 1 aromatic heterocycles. The van der Waals surface area contributed by atoms with E-state index in [1.807, 2.05) is 41.2 Å². The number of benzene rings is 1. The molecule has 1 aromatic carbocycles. The Morgan fingerprint density at radius 2 is 1.93 bits per heavy atom. The van der Waals surface area contributed by atoms with E-state index >= 15 is 0 Å². The van der Waals surface area contributed by atoms with Gasteiger partial charge < -0.3 is 21.3 Å². The molecule has 27 heavy (non-hydrogen) atoms. The minimum Gasteiger partial charge on any atom is -0.481 e. The van der Waals surface area contributed by atoms with Crippen LogP contribution in [0.4, 0.5) is 0 Å². The largest absolute Gasteiger partial charge is 0.481 e. The first-order valence-electron chi connectivity index (χ1n) is 8.82. The molecule has 3 rings (SSSR count). The zero-order valence-electron chi connectivity index (χ0n) is 15.3. The Kier molecular flexibility index (Phi) is 7.51. The molecule has 1 amide bonds. The number of carbonyl (C=O) groups is 2. The Hall–Kier alpha value is -2.71. The fourth-order valence-electron chi connectivity index (χ4n) is 3.04. The van der Waals surface area contributed by atoms with Crippen LogP contribution >= 0.6 is 0 Å². The summed E-state index contributed by atoms with van der Waals surface area (Å²) in [6, 6.07) is 9.59. The van der Waals surface area contributed by atoms with Gasteiger partial charge in [-0.3, -0.25) is 14.3 Å². The average Bonchev–Trinajstić information content (AvgIpc) is 3.23. The van der Waals surface area contributed by atoms with Crippen LogP contribution in [-0.2, 0) is 22.7 Å². The molecule has 0 unspecified atom stereocenters. The predicted molar refractivity (Wildman–Crippen MR) is 99.6 cm³/mol. The second kappa shape index (κ2) is 9.84. The van der Waals surface area contributed by atoms with Crippen LogP contribution in [0.25, 0.3) is 0 Å². The summed E-state index contributed by atoms with van der Waals surface area (Å²) >= 11 is 0. The lowest BCUT2D eigenvalue weighted by Gasteiger charge is -2.13. The highest BCUT2D eigenvalue weighted by Gasteiger charge is 2.34. The zero-order chi connectivity index (χ0) is 19.8. The summed E-state index contributed by atoms with van der Waals surface area (Å²) in [6.07, 6.45) is 4.08. The van der Waals surface area contributed by atoms with Gasteiger partial charge in [-0.1, -0.05) is 24.3 Å². The van der Waals surface area contributed by atoms with Crippen molar-refractivity contribution >= 4 is 11.9 Å². The van der Waals surface area contributed by atoms with Gasteiger partial charge in [0.25, 0.3) is 5.97 Å². The van der Waals surface area contributed by atoms with Gasteiger partial charge >= 0.3 is 0 Å². The van der Waals surface area contributed by atoms with Crippen molar-refractivity contribution in [3.05, 3.63) is 53.9 Å². The van der Waals surface area contributed by atoms with Gasteiger partial charge in [0.15, 0.2) is 0 Å². The number of aromatic nitrogens is 2. The first-order chi connectivity index (χ1) is 12.9. The second-order valence-electron chi connectivity index (χ2n) is 6.61. The SMILES string of the molecule is CC(=O)O.N[C@H]1C[C@H](C(=O)NCc2ccccc2Cn2cccn2)C[C@@H]1O. The number of amides is 1. The molecular formula is C19H26N4O4. The van der Waals surface area contributed by atoms with Crippen molar-refractivity contribution < 1.29 is 19.8 Å². The highest BCUT2D eigenvalue weighted by molar-refractivity contribution is 5.79. The topological polar surface area (TPSA) is 130 Å². The van der Waals surface area contributed by atoms with E-state index in [9.17, 15) is 9.90 Å². The number of aliphatic hydroxyl groups is 1. The van der Waals surface area contributed by atoms with Crippen molar-refractivity contribution in [2.24, 2.45) is 11.7 Å². The molecule has 1 saturated carbocycles. The van der Waals surface area contributed by atoms with Crippen molar-refractivity contribution in [3.8, 4) is 0 Å². The molecule has 0 aliphatic heterocycles. The molecule has 0 bridgehead atoms. The second-order valence-corrected chi connectivity index (χ2v) is 6.61. The van der Waals surface area contributed by atoms with Gasteiger partial charge in [0.1, 0.15) is 0 Å². The van der Waals surface area contributed by atoms with Gasteiger partial charge in [0.2, 0.25) is 5.91 Å². The first kappa shape index (κ1) is 20.6. The lowest BCUT2D eigenvalue weighted by molar-refractivity contribution is -0.134. The third kappa shape index (κ3) is 6.50. The number of carboxylic acid groups (broad SMARTS) is 1. The number of carbonyl (C=O) groups excluding carboxylic acids is 1. The average molecular weight is 374 g/mol. The molecule has 1 heterocycles. The maximum absolute atomic E-state index is 12.2. The van der Waals surface area contributed by atoms with E-state index in [0.717, 1.165) is 18.1 Å².